The summed E-state index contributed by atoms with van der Waals surface area (Å²) in [6.07, 6.45) is 1.08. The number of piperidine rings is 1. The Labute approximate surface area is 179 Å². The van der Waals surface area contributed by atoms with E-state index in [1.165, 1.54) is 16.0 Å². The van der Waals surface area contributed by atoms with Gasteiger partial charge in [0.2, 0.25) is 0 Å². The van der Waals surface area contributed by atoms with Gasteiger partial charge in [-0.15, -0.1) is 0 Å². The first-order chi connectivity index (χ1) is 14.7. The smallest absolute Gasteiger partial charge is 0.186 e. The number of halogens is 1. The second kappa shape index (κ2) is 7.10. The maximum absolute atomic E-state index is 13.8. The predicted octanol–water partition coefficient (Wildman–Crippen LogP) is 4.08. The molecule has 0 spiro atoms. The van der Waals surface area contributed by atoms with E-state index in [1.54, 1.807) is 23.5 Å². The highest BCUT2D eigenvalue weighted by Gasteiger charge is 2.40. The van der Waals surface area contributed by atoms with Crippen molar-refractivity contribution in [1.29, 1.82) is 0 Å². The first kappa shape index (κ1) is 18.4. The van der Waals surface area contributed by atoms with Crippen molar-refractivity contribution in [1.82, 2.24) is 4.98 Å². The van der Waals surface area contributed by atoms with E-state index in [9.17, 15) is 4.39 Å². The Morgan fingerprint density at radius 2 is 1.93 bits per heavy atom. The highest BCUT2D eigenvalue weighted by Crippen LogP contribution is 2.45. The molecule has 0 N–H and O–H groups in total. The van der Waals surface area contributed by atoms with Crippen LogP contribution in [0, 0.1) is 5.82 Å². The molecule has 0 saturated carbocycles. The fourth-order valence-corrected chi connectivity index (χ4v) is 6.30. The number of hydrogen-bond acceptors (Lipinski definition) is 6. The molecule has 2 atom stereocenters. The van der Waals surface area contributed by atoms with E-state index < -0.39 is 0 Å². The lowest BCUT2D eigenvalue weighted by molar-refractivity contribution is 0.122. The van der Waals surface area contributed by atoms with Gasteiger partial charge >= 0.3 is 0 Å². The summed E-state index contributed by atoms with van der Waals surface area (Å²) in [5, 5.41) is 1.09. The van der Waals surface area contributed by atoms with Crippen molar-refractivity contribution in [2.75, 3.05) is 61.1 Å². The predicted molar refractivity (Wildman–Crippen MR) is 121 cm³/mol. The fraction of sp³-hybridized carbons (Fsp3) is 0.435. The van der Waals surface area contributed by atoms with Crippen molar-refractivity contribution < 1.29 is 9.13 Å². The first-order valence-corrected chi connectivity index (χ1v) is 11.5. The van der Waals surface area contributed by atoms with Gasteiger partial charge in [0.1, 0.15) is 5.82 Å². The third kappa shape index (κ3) is 2.94. The number of benzene rings is 2. The number of hydrogen-bond donors (Lipinski definition) is 0. The van der Waals surface area contributed by atoms with Gasteiger partial charge in [-0.1, -0.05) is 17.4 Å². The lowest BCUT2D eigenvalue weighted by Gasteiger charge is -2.39. The van der Waals surface area contributed by atoms with Crippen molar-refractivity contribution in [2.24, 2.45) is 0 Å². The number of fused-ring (bicyclic) bond motifs is 4. The molecule has 0 aliphatic carbocycles. The maximum atomic E-state index is 13.8. The van der Waals surface area contributed by atoms with E-state index in [2.05, 4.69) is 39.9 Å². The van der Waals surface area contributed by atoms with E-state index in [0.29, 0.717) is 12.0 Å². The van der Waals surface area contributed by atoms with Gasteiger partial charge < -0.3 is 19.4 Å². The molecule has 2 saturated heterocycles. The quantitative estimate of drug-likeness (QED) is 0.619. The minimum absolute atomic E-state index is 0.150. The summed E-state index contributed by atoms with van der Waals surface area (Å²) in [5.74, 6) is 0.267. The number of morpholine rings is 1. The Hall–Kier alpha value is -2.38. The van der Waals surface area contributed by atoms with Crippen LogP contribution in [0.5, 0.6) is 0 Å². The van der Waals surface area contributed by atoms with Gasteiger partial charge in [0.05, 0.1) is 23.4 Å². The van der Waals surface area contributed by atoms with E-state index in [4.69, 9.17) is 9.72 Å². The van der Waals surface area contributed by atoms with E-state index >= 15 is 0 Å². The maximum Gasteiger partial charge on any atom is 0.186 e. The summed E-state index contributed by atoms with van der Waals surface area (Å²) in [5.41, 5.74) is 4.67. The largest absolute Gasteiger partial charge is 0.378 e. The summed E-state index contributed by atoms with van der Waals surface area (Å²) in [7, 11) is 2.11. The molecular weight excluding hydrogens is 399 g/mol. The SMILES string of the molecule is CN1c2cc(F)ccc2C2CN(c3ccc4nc(N5CCOCC5)sc4c3)CCC21. The molecule has 0 amide bonds. The van der Waals surface area contributed by atoms with Crippen molar-refractivity contribution >= 4 is 38.1 Å². The van der Waals surface area contributed by atoms with Gasteiger partial charge in [0.15, 0.2) is 5.13 Å². The molecule has 7 heteroatoms. The highest BCUT2D eigenvalue weighted by molar-refractivity contribution is 7.22. The van der Waals surface area contributed by atoms with Gasteiger partial charge in [-0.05, 0) is 42.3 Å². The number of likely N-dealkylation sites (N-methyl/N-ethyl adjacent to an activating group) is 1. The third-order valence-electron chi connectivity index (χ3n) is 6.85. The summed E-state index contributed by atoms with van der Waals surface area (Å²) in [6.45, 7) is 5.36. The molecule has 2 aromatic carbocycles. The molecule has 0 radical (unpaired) electrons. The normalized spacial score (nSPS) is 23.7. The van der Waals surface area contributed by atoms with Gasteiger partial charge in [-0.2, -0.15) is 0 Å². The van der Waals surface area contributed by atoms with Crippen LogP contribution in [0.15, 0.2) is 36.4 Å². The zero-order chi connectivity index (χ0) is 20.2. The van der Waals surface area contributed by atoms with Crippen molar-refractivity contribution in [3.63, 3.8) is 0 Å². The van der Waals surface area contributed by atoms with E-state index in [1.807, 2.05) is 6.07 Å². The summed E-state index contributed by atoms with van der Waals surface area (Å²) in [6, 6.07) is 12.4. The summed E-state index contributed by atoms with van der Waals surface area (Å²) in [4.78, 5) is 11.9. The number of anilines is 3. The third-order valence-corrected chi connectivity index (χ3v) is 7.93. The molecule has 4 heterocycles. The van der Waals surface area contributed by atoms with Crippen LogP contribution in [-0.4, -0.2) is 57.5 Å². The minimum atomic E-state index is -0.150. The second-order valence-corrected chi connectivity index (χ2v) is 9.48. The van der Waals surface area contributed by atoms with Crippen LogP contribution < -0.4 is 14.7 Å². The molecule has 156 valence electrons. The molecule has 3 aliphatic rings. The Morgan fingerprint density at radius 1 is 1.07 bits per heavy atom. The van der Waals surface area contributed by atoms with Gasteiger partial charge in [-0.25, -0.2) is 9.37 Å². The average molecular weight is 425 g/mol. The van der Waals surface area contributed by atoms with E-state index in [-0.39, 0.29) is 5.82 Å². The Bertz CT molecular complexity index is 1100. The summed E-state index contributed by atoms with van der Waals surface area (Å²) < 4.78 is 20.5. The Balaban J connectivity index is 1.27. The lowest BCUT2D eigenvalue weighted by Crippen LogP contribution is -2.45. The van der Waals surface area contributed by atoms with Crippen LogP contribution in [-0.2, 0) is 4.74 Å². The van der Waals surface area contributed by atoms with Gasteiger partial charge in [0, 0.05) is 56.6 Å². The molecule has 0 bridgehead atoms. The standard InChI is InChI=1S/C23H25FN4OS/c1-26-20-6-7-28(14-18(20)17-4-2-15(24)12-21(17)26)16-3-5-19-22(13-16)30-23(25-19)27-8-10-29-11-9-27/h2-5,12-13,18,20H,6-11,14H2,1H3. The molecule has 3 aromatic rings. The molecule has 2 fully saturated rings. The molecule has 3 aliphatic heterocycles. The Morgan fingerprint density at radius 3 is 2.80 bits per heavy atom. The van der Waals surface area contributed by atoms with Crippen molar-refractivity contribution in [3.05, 3.63) is 47.8 Å². The molecule has 5 nitrogen and oxygen atoms in total. The number of thiazole rings is 1. The van der Waals surface area contributed by atoms with Crippen LogP contribution in [0.1, 0.15) is 17.9 Å². The van der Waals surface area contributed by atoms with Crippen LogP contribution in [0.4, 0.5) is 20.9 Å². The van der Waals surface area contributed by atoms with Gasteiger partial charge in [-0.3, -0.25) is 0 Å². The fourth-order valence-electron chi connectivity index (χ4n) is 5.25. The molecule has 1 aromatic heterocycles. The zero-order valence-corrected chi connectivity index (χ0v) is 17.9. The molecule has 6 rings (SSSR count). The highest BCUT2D eigenvalue weighted by atomic mass is 32.1. The van der Waals surface area contributed by atoms with Crippen LogP contribution in [0.3, 0.4) is 0 Å². The first-order valence-electron chi connectivity index (χ1n) is 10.7. The molecular formula is C23H25FN4OS. The van der Waals surface area contributed by atoms with E-state index in [0.717, 1.165) is 62.1 Å². The monoisotopic (exact) mass is 424 g/mol. The average Bonchev–Trinajstić information content (AvgIpc) is 3.33. The topological polar surface area (TPSA) is 31.8 Å². The van der Waals surface area contributed by atoms with Crippen LogP contribution >= 0.6 is 11.3 Å². The Kier molecular flexibility index (Phi) is 4.35. The van der Waals surface area contributed by atoms with Crippen LogP contribution in [0.2, 0.25) is 0 Å². The number of nitrogens with zero attached hydrogens (tertiary/aromatic N) is 4. The number of ether oxygens (including phenoxy) is 1. The van der Waals surface area contributed by atoms with Gasteiger partial charge in [0.25, 0.3) is 0 Å². The zero-order valence-electron chi connectivity index (χ0n) is 17.1. The molecule has 2 unspecified atom stereocenters. The number of rotatable bonds is 2. The number of aromatic nitrogens is 1. The van der Waals surface area contributed by atoms with Crippen molar-refractivity contribution in [2.45, 2.75) is 18.4 Å². The lowest BCUT2D eigenvalue weighted by atomic mass is 9.89. The minimum Gasteiger partial charge on any atom is -0.378 e. The second-order valence-electron chi connectivity index (χ2n) is 8.47. The molecule has 30 heavy (non-hydrogen) atoms. The summed E-state index contributed by atoms with van der Waals surface area (Å²) >= 11 is 1.77. The van der Waals surface area contributed by atoms with Crippen LogP contribution in [0.25, 0.3) is 10.2 Å². The van der Waals surface area contributed by atoms with Crippen molar-refractivity contribution in [3.8, 4) is 0 Å².